The molecule has 0 saturated heterocycles. The average molecular weight is 369 g/mol. The van der Waals surface area contributed by atoms with Crippen molar-refractivity contribution in [3.05, 3.63) is 53.1 Å². The molecule has 0 radical (unpaired) electrons. The number of methoxy groups -OCH3 is 1. The predicted octanol–water partition coefficient (Wildman–Crippen LogP) is 4.76. The summed E-state index contributed by atoms with van der Waals surface area (Å²) in [5.41, 5.74) is 5.03. The van der Waals surface area contributed by atoms with Gasteiger partial charge in [0.2, 0.25) is 0 Å². The van der Waals surface area contributed by atoms with E-state index in [2.05, 4.69) is 37.4 Å². The molecule has 2 aromatic rings. The maximum absolute atomic E-state index is 12.3. The fourth-order valence-corrected chi connectivity index (χ4v) is 3.92. The predicted molar refractivity (Wildman–Crippen MR) is 107 cm³/mol. The summed E-state index contributed by atoms with van der Waals surface area (Å²) in [4.78, 5) is 19.6. The van der Waals surface area contributed by atoms with Gasteiger partial charge in [-0.3, -0.25) is 9.79 Å². The molecule has 0 saturated carbocycles. The lowest BCUT2D eigenvalue weighted by molar-refractivity contribution is 0.0937. The van der Waals surface area contributed by atoms with Crippen molar-refractivity contribution in [2.24, 2.45) is 4.99 Å². The number of benzene rings is 2. The SMILES string of the molecule is CCCC1=Nc2cc(C(=O)NCCOC)ccc2Sc2ccc(C)cc21. The Kier molecular flexibility index (Phi) is 6.12. The highest BCUT2D eigenvalue weighted by Crippen LogP contribution is 2.41. The lowest BCUT2D eigenvalue weighted by Gasteiger charge is -2.09. The van der Waals surface area contributed by atoms with Crippen LogP contribution >= 0.6 is 11.8 Å². The zero-order valence-electron chi connectivity index (χ0n) is 15.5. The molecule has 0 bridgehead atoms. The molecule has 1 heterocycles. The van der Waals surface area contributed by atoms with Crippen LogP contribution in [0, 0.1) is 6.92 Å². The summed E-state index contributed by atoms with van der Waals surface area (Å²) in [6.45, 7) is 5.27. The van der Waals surface area contributed by atoms with E-state index < -0.39 is 0 Å². The third-order valence-electron chi connectivity index (χ3n) is 4.22. The topological polar surface area (TPSA) is 50.7 Å². The molecule has 136 valence electrons. The summed E-state index contributed by atoms with van der Waals surface area (Å²) < 4.78 is 4.98. The van der Waals surface area contributed by atoms with Crippen LogP contribution in [0.5, 0.6) is 0 Å². The van der Waals surface area contributed by atoms with E-state index in [1.807, 2.05) is 18.2 Å². The molecule has 0 atom stereocenters. The van der Waals surface area contributed by atoms with Crippen LogP contribution in [0.25, 0.3) is 0 Å². The molecule has 0 spiro atoms. The van der Waals surface area contributed by atoms with Crippen LogP contribution in [0.3, 0.4) is 0 Å². The standard InChI is InChI=1S/C21H24N2O2S/c1-4-5-17-16-12-14(2)6-8-19(16)26-20-9-7-15(13-18(20)23-17)21(24)22-10-11-25-3/h6-9,12-13H,4-5,10-11H2,1-3H3,(H,22,24). The minimum atomic E-state index is -0.0975. The second kappa shape index (κ2) is 8.52. The first-order valence-corrected chi connectivity index (χ1v) is 9.71. The van der Waals surface area contributed by atoms with Gasteiger partial charge in [-0.05, 0) is 43.7 Å². The fraction of sp³-hybridized carbons (Fsp3) is 0.333. The monoisotopic (exact) mass is 368 g/mol. The number of aliphatic imine (C=N–C) groups is 1. The smallest absolute Gasteiger partial charge is 0.251 e. The third-order valence-corrected chi connectivity index (χ3v) is 5.36. The van der Waals surface area contributed by atoms with Gasteiger partial charge in [-0.1, -0.05) is 36.7 Å². The van der Waals surface area contributed by atoms with Crippen molar-refractivity contribution in [1.29, 1.82) is 0 Å². The van der Waals surface area contributed by atoms with Crippen molar-refractivity contribution in [3.63, 3.8) is 0 Å². The van der Waals surface area contributed by atoms with Crippen LogP contribution in [-0.4, -0.2) is 31.9 Å². The molecular formula is C21H24N2O2S. The fourth-order valence-electron chi connectivity index (χ4n) is 2.91. The van der Waals surface area contributed by atoms with Crippen LogP contribution in [0.15, 0.2) is 51.2 Å². The normalized spacial score (nSPS) is 12.7. The van der Waals surface area contributed by atoms with E-state index in [0.29, 0.717) is 18.7 Å². The number of hydrogen-bond acceptors (Lipinski definition) is 4. The van der Waals surface area contributed by atoms with E-state index in [1.54, 1.807) is 18.9 Å². The Balaban J connectivity index is 1.97. The number of fused-ring (bicyclic) bond motifs is 2. The molecule has 5 heteroatoms. The Morgan fingerprint density at radius 3 is 2.77 bits per heavy atom. The van der Waals surface area contributed by atoms with Crippen LogP contribution in [0.1, 0.15) is 41.3 Å². The number of nitrogens with zero attached hydrogens (tertiary/aromatic N) is 1. The first-order chi connectivity index (χ1) is 12.6. The number of carbonyl (C=O) groups excluding carboxylic acids is 1. The summed E-state index contributed by atoms with van der Waals surface area (Å²) >= 11 is 1.72. The summed E-state index contributed by atoms with van der Waals surface area (Å²) in [6.07, 6.45) is 1.95. The maximum atomic E-state index is 12.3. The zero-order chi connectivity index (χ0) is 18.5. The Hall–Kier alpha value is -2.11. The Labute approximate surface area is 159 Å². The quantitative estimate of drug-likeness (QED) is 0.748. The number of nitrogens with one attached hydrogen (secondary N) is 1. The molecule has 1 aliphatic heterocycles. The van der Waals surface area contributed by atoms with E-state index in [4.69, 9.17) is 9.73 Å². The van der Waals surface area contributed by atoms with Gasteiger partial charge in [0.25, 0.3) is 5.91 Å². The molecule has 26 heavy (non-hydrogen) atoms. The molecule has 0 aromatic heterocycles. The molecule has 2 aromatic carbocycles. The van der Waals surface area contributed by atoms with Gasteiger partial charge in [0.1, 0.15) is 0 Å². The van der Waals surface area contributed by atoms with Gasteiger partial charge >= 0.3 is 0 Å². The first kappa shape index (κ1) is 18.7. The third kappa shape index (κ3) is 4.17. The summed E-state index contributed by atoms with van der Waals surface area (Å²) in [7, 11) is 1.62. The number of carbonyl (C=O) groups is 1. The Bertz CT molecular complexity index is 846. The molecule has 1 amide bonds. The van der Waals surface area contributed by atoms with Gasteiger partial charge in [0.05, 0.1) is 12.3 Å². The minimum Gasteiger partial charge on any atom is -0.383 e. The van der Waals surface area contributed by atoms with Crippen molar-refractivity contribution >= 4 is 29.1 Å². The number of ether oxygens (including phenoxy) is 1. The summed E-state index contributed by atoms with van der Waals surface area (Å²) in [5, 5.41) is 2.86. The zero-order valence-corrected chi connectivity index (χ0v) is 16.3. The number of hydrogen-bond donors (Lipinski definition) is 1. The van der Waals surface area contributed by atoms with E-state index in [1.165, 1.54) is 16.0 Å². The van der Waals surface area contributed by atoms with Crippen LogP contribution in [0.2, 0.25) is 0 Å². The molecular weight excluding hydrogens is 344 g/mol. The molecule has 0 fully saturated rings. The second-order valence-corrected chi connectivity index (χ2v) is 7.43. The van der Waals surface area contributed by atoms with Crippen molar-refractivity contribution < 1.29 is 9.53 Å². The van der Waals surface area contributed by atoms with Crippen molar-refractivity contribution in [3.8, 4) is 0 Å². The minimum absolute atomic E-state index is 0.0975. The van der Waals surface area contributed by atoms with E-state index in [9.17, 15) is 4.79 Å². The largest absolute Gasteiger partial charge is 0.383 e. The number of rotatable bonds is 6. The van der Waals surface area contributed by atoms with Crippen LogP contribution in [-0.2, 0) is 4.74 Å². The van der Waals surface area contributed by atoms with Gasteiger partial charge < -0.3 is 10.1 Å². The summed E-state index contributed by atoms with van der Waals surface area (Å²) in [5.74, 6) is -0.0975. The van der Waals surface area contributed by atoms with Gasteiger partial charge in [0, 0.05) is 40.3 Å². The molecule has 0 aliphatic carbocycles. The number of aryl methyl sites for hydroxylation is 1. The van der Waals surface area contributed by atoms with Crippen LogP contribution < -0.4 is 5.32 Å². The Morgan fingerprint density at radius 2 is 2.00 bits per heavy atom. The van der Waals surface area contributed by atoms with E-state index in [-0.39, 0.29) is 5.91 Å². The highest BCUT2D eigenvalue weighted by Gasteiger charge is 2.18. The van der Waals surface area contributed by atoms with Crippen LogP contribution in [0.4, 0.5) is 5.69 Å². The lowest BCUT2D eigenvalue weighted by Crippen LogP contribution is -2.26. The van der Waals surface area contributed by atoms with Gasteiger partial charge in [-0.25, -0.2) is 0 Å². The highest BCUT2D eigenvalue weighted by atomic mass is 32.2. The maximum Gasteiger partial charge on any atom is 0.251 e. The average Bonchev–Trinajstić information content (AvgIpc) is 2.78. The molecule has 0 unspecified atom stereocenters. The second-order valence-electron chi connectivity index (χ2n) is 6.34. The first-order valence-electron chi connectivity index (χ1n) is 8.90. The lowest BCUT2D eigenvalue weighted by atomic mass is 10.0. The van der Waals surface area contributed by atoms with Crippen molar-refractivity contribution in [2.45, 2.75) is 36.5 Å². The van der Waals surface area contributed by atoms with Crippen molar-refractivity contribution in [2.75, 3.05) is 20.3 Å². The summed E-state index contributed by atoms with van der Waals surface area (Å²) in [6, 6.07) is 12.3. The van der Waals surface area contributed by atoms with Gasteiger partial charge in [-0.15, -0.1) is 0 Å². The molecule has 4 nitrogen and oxygen atoms in total. The highest BCUT2D eigenvalue weighted by molar-refractivity contribution is 7.99. The molecule has 1 N–H and O–H groups in total. The van der Waals surface area contributed by atoms with Gasteiger partial charge in [0.15, 0.2) is 0 Å². The van der Waals surface area contributed by atoms with Crippen molar-refractivity contribution in [1.82, 2.24) is 5.32 Å². The number of amides is 1. The van der Waals surface area contributed by atoms with E-state index >= 15 is 0 Å². The van der Waals surface area contributed by atoms with Gasteiger partial charge in [-0.2, -0.15) is 0 Å². The molecule has 3 rings (SSSR count). The molecule has 1 aliphatic rings. The Morgan fingerprint density at radius 1 is 1.19 bits per heavy atom. The van der Waals surface area contributed by atoms with E-state index in [0.717, 1.165) is 29.1 Å².